The summed E-state index contributed by atoms with van der Waals surface area (Å²) in [4.78, 5) is 34.3. The van der Waals surface area contributed by atoms with E-state index in [0.29, 0.717) is 22.0 Å². The molecule has 0 spiro atoms. The van der Waals surface area contributed by atoms with E-state index in [1.54, 1.807) is 24.4 Å². The molecule has 8 nitrogen and oxygen atoms in total. The molecule has 1 aliphatic heterocycles. The van der Waals surface area contributed by atoms with Crippen molar-refractivity contribution >= 4 is 29.6 Å². The van der Waals surface area contributed by atoms with Crippen molar-refractivity contribution in [3.8, 4) is 11.8 Å². The average Bonchev–Trinajstić information content (AvgIpc) is 2.85. The summed E-state index contributed by atoms with van der Waals surface area (Å²) in [5, 5.41) is 12.4. The number of benzene rings is 1. The van der Waals surface area contributed by atoms with Crippen LogP contribution in [0, 0.1) is 17.2 Å². The van der Waals surface area contributed by atoms with Crippen LogP contribution in [-0.2, 0) is 4.79 Å². The number of nitrogens with one attached hydrogen (secondary N) is 1. The van der Waals surface area contributed by atoms with Gasteiger partial charge >= 0.3 is 0 Å². The number of nitriles is 1. The van der Waals surface area contributed by atoms with Crippen molar-refractivity contribution in [2.24, 2.45) is 5.92 Å². The number of halogens is 1. The summed E-state index contributed by atoms with van der Waals surface area (Å²) in [5.41, 5.74) is 0.723. The summed E-state index contributed by atoms with van der Waals surface area (Å²) in [6.45, 7) is 1.53. The molecule has 1 aromatic carbocycles. The molecule has 1 saturated heterocycles. The zero-order valence-corrected chi connectivity index (χ0v) is 19.0. The lowest BCUT2D eigenvalue weighted by atomic mass is 9.93. The summed E-state index contributed by atoms with van der Waals surface area (Å²) in [7, 11) is 0. The molecule has 1 N–H and O–H groups in total. The topological polar surface area (TPSA) is 108 Å². The van der Waals surface area contributed by atoms with E-state index < -0.39 is 0 Å². The van der Waals surface area contributed by atoms with Gasteiger partial charge < -0.3 is 19.7 Å². The molecule has 2 heterocycles. The fourth-order valence-electron chi connectivity index (χ4n) is 4.30. The van der Waals surface area contributed by atoms with Gasteiger partial charge in [-0.25, -0.2) is 9.97 Å². The van der Waals surface area contributed by atoms with Crippen molar-refractivity contribution in [1.29, 1.82) is 5.26 Å². The first-order valence-electron chi connectivity index (χ1n) is 11.2. The van der Waals surface area contributed by atoms with Crippen molar-refractivity contribution < 1.29 is 14.3 Å². The maximum absolute atomic E-state index is 12.6. The highest BCUT2D eigenvalue weighted by molar-refractivity contribution is 6.31. The Morgan fingerprint density at radius 3 is 2.52 bits per heavy atom. The lowest BCUT2D eigenvalue weighted by Crippen LogP contribution is -2.40. The highest BCUT2D eigenvalue weighted by atomic mass is 35.5. The minimum absolute atomic E-state index is 0.0459. The van der Waals surface area contributed by atoms with Gasteiger partial charge in [-0.3, -0.25) is 4.79 Å². The Hall–Kier alpha value is -3.18. The second-order valence-electron chi connectivity index (χ2n) is 8.54. The summed E-state index contributed by atoms with van der Waals surface area (Å²) >= 11 is 6.08. The summed E-state index contributed by atoms with van der Waals surface area (Å²) in [6.07, 6.45) is 9.07. The Kier molecular flexibility index (Phi) is 7.40. The van der Waals surface area contributed by atoms with E-state index in [9.17, 15) is 9.59 Å². The van der Waals surface area contributed by atoms with Crippen molar-refractivity contribution in [2.45, 2.75) is 50.7 Å². The standard InChI is InChI=1S/C24H26ClN5O3/c25-21-11-20(4-1-17(21)12-26)33-19-5-2-18(3-6-19)29-24(32)22-13-28-23(14-27-22)30-9-7-16(15-31)8-10-30/h1,4,11,13-16,18-19H,2-3,5-10H2,(H,29,32)/t18-,19-. The average molecular weight is 468 g/mol. The number of aldehydes is 1. The van der Waals surface area contributed by atoms with E-state index in [4.69, 9.17) is 21.6 Å². The third-order valence-corrected chi connectivity index (χ3v) is 6.61. The number of rotatable bonds is 6. The third kappa shape index (κ3) is 5.79. The van der Waals surface area contributed by atoms with Gasteiger partial charge in [0.15, 0.2) is 0 Å². The monoisotopic (exact) mass is 467 g/mol. The molecule has 9 heteroatoms. The molecule has 0 atom stereocenters. The molecule has 172 valence electrons. The lowest BCUT2D eigenvalue weighted by Gasteiger charge is -2.30. The number of piperidine rings is 1. The van der Waals surface area contributed by atoms with Crippen LogP contribution < -0.4 is 15.0 Å². The number of carbonyl (C=O) groups is 2. The smallest absolute Gasteiger partial charge is 0.271 e. The quantitative estimate of drug-likeness (QED) is 0.647. The highest BCUT2D eigenvalue weighted by Crippen LogP contribution is 2.27. The molecular weight excluding hydrogens is 442 g/mol. The zero-order chi connectivity index (χ0) is 23.2. The van der Waals surface area contributed by atoms with Crippen LogP contribution in [0.5, 0.6) is 5.75 Å². The van der Waals surface area contributed by atoms with Gasteiger partial charge in [-0.1, -0.05) is 11.6 Å². The fraction of sp³-hybridized carbons (Fsp3) is 0.458. The van der Waals surface area contributed by atoms with Crippen LogP contribution in [0.4, 0.5) is 5.82 Å². The fourth-order valence-corrected chi connectivity index (χ4v) is 4.52. The Morgan fingerprint density at radius 2 is 1.91 bits per heavy atom. The molecule has 1 aliphatic carbocycles. The summed E-state index contributed by atoms with van der Waals surface area (Å²) < 4.78 is 6.01. The predicted octanol–water partition coefficient (Wildman–Crippen LogP) is 3.54. The number of hydrogen-bond donors (Lipinski definition) is 1. The van der Waals surface area contributed by atoms with Gasteiger partial charge in [-0.2, -0.15) is 5.26 Å². The van der Waals surface area contributed by atoms with Gasteiger partial charge in [0.2, 0.25) is 0 Å². The molecule has 4 rings (SSSR count). The molecular formula is C24H26ClN5O3. The van der Waals surface area contributed by atoms with Crippen molar-refractivity contribution in [1.82, 2.24) is 15.3 Å². The normalized spacial score (nSPS) is 21.2. The highest BCUT2D eigenvalue weighted by Gasteiger charge is 2.25. The van der Waals surface area contributed by atoms with E-state index in [0.717, 1.165) is 63.7 Å². The van der Waals surface area contributed by atoms with E-state index in [1.165, 1.54) is 6.20 Å². The van der Waals surface area contributed by atoms with Crippen molar-refractivity contribution in [3.63, 3.8) is 0 Å². The summed E-state index contributed by atoms with van der Waals surface area (Å²) in [6, 6.07) is 7.18. The second-order valence-corrected chi connectivity index (χ2v) is 8.95. The van der Waals surface area contributed by atoms with E-state index in [-0.39, 0.29) is 24.0 Å². The Morgan fingerprint density at radius 1 is 1.15 bits per heavy atom. The van der Waals surface area contributed by atoms with Crippen molar-refractivity contribution in [2.75, 3.05) is 18.0 Å². The SMILES string of the molecule is N#Cc1ccc(O[C@H]2CC[C@H](NC(=O)c3cnc(N4CCC(C=O)CC4)cn3)CC2)cc1Cl. The van der Waals surface area contributed by atoms with Crippen molar-refractivity contribution in [3.05, 3.63) is 46.9 Å². The number of ether oxygens (including phenoxy) is 1. The minimum atomic E-state index is -0.225. The number of carbonyl (C=O) groups excluding carboxylic acids is 2. The maximum atomic E-state index is 12.6. The van der Waals surface area contributed by atoms with Crippen LogP contribution in [-0.4, -0.2) is 47.4 Å². The zero-order valence-electron chi connectivity index (χ0n) is 18.2. The van der Waals surface area contributed by atoms with Gasteiger partial charge in [-0.15, -0.1) is 0 Å². The molecule has 2 aliphatic rings. The van der Waals surface area contributed by atoms with E-state index in [1.807, 2.05) is 6.07 Å². The number of nitrogens with zero attached hydrogens (tertiary/aromatic N) is 4. The van der Waals surface area contributed by atoms with Crippen LogP contribution in [0.2, 0.25) is 5.02 Å². The van der Waals surface area contributed by atoms with Crippen LogP contribution in [0.25, 0.3) is 0 Å². The largest absolute Gasteiger partial charge is 0.490 e. The number of hydrogen-bond acceptors (Lipinski definition) is 7. The van der Waals surface area contributed by atoms with Crippen LogP contribution in [0.15, 0.2) is 30.6 Å². The first kappa shape index (κ1) is 23.0. The van der Waals surface area contributed by atoms with E-state index >= 15 is 0 Å². The number of anilines is 1. The van der Waals surface area contributed by atoms with Crippen LogP contribution in [0.3, 0.4) is 0 Å². The molecule has 1 saturated carbocycles. The Bertz CT molecular complexity index is 1020. The van der Waals surface area contributed by atoms with Gasteiger partial charge in [-0.05, 0) is 50.7 Å². The first-order valence-corrected chi connectivity index (χ1v) is 11.6. The number of aromatic nitrogens is 2. The van der Waals surface area contributed by atoms with Crippen LogP contribution in [0.1, 0.15) is 54.6 Å². The number of amides is 1. The predicted molar refractivity (Wildman–Crippen MR) is 123 cm³/mol. The van der Waals surface area contributed by atoms with Gasteiger partial charge in [0.25, 0.3) is 5.91 Å². The molecule has 0 bridgehead atoms. The van der Waals surface area contributed by atoms with E-state index in [2.05, 4.69) is 20.2 Å². The Labute approximate surface area is 197 Å². The molecule has 1 amide bonds. The Balaban J connectivity index is 1.24. The third-order valence-electron chi connectivity index (χ3n) is 6.30. The van der Waals surface area contributed by atoms with Gasteiger partial charge in [0.05, 0.1) is 29.1 Å². The molecule has 1 aromatic heterocycles. The lowest BCUT2D eigenvalue weighted by molar-refractivity contribution is -0.111. The maximum Gasteiger partial charge on any atom is 0.271 e. The molecule has 0 unspecified atom stereocenters. The van der Waals surface area contributed by atoms with Gasteiger partial charge in [0.1, 0.15) is 29.6 Å². The molecule has 0 radical (unpaired) electrons. The molecule has 2 aromatic rings. The second kappa shape index (κ2) is 10.6. The van der Waals surface area contributed by atoms with Gasteiger partial charge in [0, 0.05) is 31.1 Å². The molecule has 33 heavy (non-hydrogen) atoms. The minimum Gasteiger partial charge on any atom is -0.490 e. The van der Waals surface area contributed by atoms with Crippen LogP contribution >= 0.6 is 11.6 Å². The molecule has 2 fully saturated rings. The summed E-state index contributed by atoms with van der Waals surface area (Å²) in [5.74, 6) is 1.28. The first-order chi connectivity index (χ1) is 16.1.